The van der Waals surface area contributed by atoms with Gasteiger partial charge in [-0.25, -0.2) is 0 Å². The Labute approximate surface area is 226 Å². The standard InChI is InChI=1S/C33H27NO5/c35-27-17-16-20-14-15-24(19-26(20)34-27)23-12-7-13-25(18-23)39-33(38)31-28(21-8-3-1-4-9-21)30(32(36)37)29(31)22-10-5-2-6-11-22/h1-15,18-19,28-31H,16-17H2,(H,34,35)(H,36,37)/t28-,29-,30?,31?/m1/s1. The van der Waals surface area contributed by atoms with Crippen LogP contribution in [0, 0.1) is 11.8 Å². The summed E-state index contributed by atoms with van der Waals surface area (Å²) >= 11 is 0. The molecule has 1 saturated carbocycles. The van der Waals surface area contributed by atoms with E-state index in [1.165, 1.54) is 0 Å². The Kier molecular flexibility index (Phi) is 6.45. The number of carbonyl (C=O) groups is 3. The van der Waals surface area contributed by atoms with E-state index in [1.54, 1.807) is 12.1 Å². The van der Waals surface area contributed by atoms with Crippen LogP contribution in [0.4, 0.5) is 5.69 Å². The van der Waals surface area contributed by atoms with Crippen LogP contribution in [0.25, 0.3) is 11.1 Å². The van der Waals surface area contributed by atoms with Crippen LogP contribution in [0.15, 0.2) is 103 Å². The highest BCUT2D eigenvalue weighted by atomic mass is 16.5. The van der Waals surface area contributed by atoms with Gasteiger partial charge < -0.3 is 15.2 Å². The van der Waals surface area contributed by atoms with Crippen LogP contribution in [0.1, 0.15) is 34.9 Å². The second-order valence-corrected chi connectivity index (χ2v) is 10.1. The summed E-state index contributed by atoms with van der Waals surface area (Å²) in [4.78, 5) is 38.0. The van der Waals surface area contributed by atoms with Gasteiger partial charge in [0.25, 0.3) is 0 Å². The molecule has 0 saturated heterocycles. The van der Waals surface area contributed by atoms with Crippen molar-refractivity contribution in [3.63, 3.8) is 0 Å². The molecule has 2 atom stereocenters. The smallest absolute Gasteiger partial charge is 0.315 e. The van der Waals surface area contributed by atoms with Gasteiger partial charge in [-0.05, 0) is 52.4 Å². The Morgan fingerprint density at radius 2 is 1.36 bits per heavy atom. The highest BCUT2D eigenvalue weighted by molar-refractivity contribution is 5.95. The molecule has 6 heteroatoms. The molecule has 1 aliphatic carbocycles. The van der Waals surface area contributed by atoms with Gasteiger partial charge in [-0.1, -0.05) is 84.9 Å². The number of rotatable bonds is 6. The molecule has 1 fully saturated rings. The molecule has 6 nitrogen and oxygen atoms in total. The van der Waals surface area contributed by atoms with Crippen molar-refractivity contribution in [3.05, 3.63) is 120 Å². The highest BCUT2D eigenvalue weighted by Crippen LogP contribution is 2.58. The Morgan fingerprint density at radius 1 is 0.718 bits per heavy atom. The van der Waals surface area contributed by atoms with Crippen molar-refractivity contribution in [2.45, 2.75) is 24.7 Å². The number of carbonyl (C=O) groups excluding carboxylic acids is 2. The van der Waals surface area contributed by atoms with Crippen molar-refractivity contribution in [3.8, 4) is 16.9 Å². The molecule has 39 heavy (non-hydrogen) atoms. The maximum Gasteiger partial charge on any atom is 0.315 e. The first kappa shape index (κ1) is 24.6. The minimum absolute atomic E-state index is 0.00318. The van der Waals surface area contributed by atoms with Crippen molar-refractivity contribution in [2.24, 2.45) is 11.8 Å². The largest absolute Gasteiger partial charge is 0.481 e. The summed E-state index contributed by atoms with van der Waals surface area (Å²) in [6.07, 6.45) is 1.19. The number of benzene rings is 4. The summed E-state index contributed by atoms with van der Waals surface area (Å²) in [5.74, 6) is -3.40. The summed E-state index contributed by atoms with van der Waals surface area (Å²) < 4.78 is 5.94. The van der Waals surface area contributed by atoms with Crippen LogP contribution in [-0.2, 0) is 20.8 Å². The lowest BCUT2D eigenvalue weighted by molar-refractivity contribution is -0.158. The Bertz CT molecular complexity index is 1500. The molecule has 1 aliphatic heterocycles. The van der Waals surface area contributed by atoms with Gasteiger partial charge >= 0.3 is 11.9 Å². The third kappa shape index (κ3) is 4.70. The number of hydrogen-bond donors (Lipinski definition) is 2. The van der Waals surface area contributed by atoms with E-state index in [4.69, 9.17) is 4.74 Å². The number of aliphatic carboxylic acids is 1. The van der Waals surface area contributed by atoms with Crippen LogP contribution in [0.5, 0.6) is 5.75 Å². The minimum Gasteiger partial charge on any atom is -0.481 e. The number of amides is 1. The molecule has 0 radical (unpaired) electrons. The van der Waals surface area contributed by atoms with Crippen molar-refractivity contribution < 1.29 is 24.2 Å². The number of carboxylic acids is 1. The summed E-state index contributed by atoms with van der Waals surface area (Å²) in [5.41, 5.74) is 5.26. The third-order valence-electron chi connectivity index (χ3n) is 7.87. The van der Waals surface area contributed by atoms with E-state index in [0.717, 1.165) is 33.5 Å². The van der Waals surface area contributed by atoms with E-state index in [0.29, 0.717) is 18.6 Å². The van der Waals surface area contributed by atoms with Crippen LogP contribution in [-0.4, -0.2) is 23.0 Å². The monoisotopic (exact) mass is 517 g/mol. The molecular formula is C33H27NO5. The van der Waals surface area contributed by atoms with E-state index < -0.39 is 35.6 Å². The zero-order valence-electron chi connectivity index (χ0n) is 21.1. The van der Waals surface area contributed by atoms with Crippen molar-refractivity contribution in [2.75, 3.05) is 5.32 Å². The van der Waals surface area contributed by atoms with E-state index in [9.17, 15) is 19.5 Å². The van der Waals surface area contributed by atoms with Crippen LogP contribution >= 0.6 is 0 Å². The summed E-state index contributed by atoms with van der Waals surface area (Å²) in [6.45, 7) is 0. The molecule has 0 aromatic heterocycles. The highest BCUT2D eigenvalue weighted by Gasteiger charge is 2.59. The number of nitrogens with one attached hydrogen (secondary N) is 1. The number of ether oxygens (including phenoxy) is 1. The SMILES string of the molecule is O=C1CCc2ccc(-c3cccc(OC(=O)C4[C@H](c5ccccc5)C(C(=O)O)[C@H]4c4ccccc4)c3)cc2N1. The summed E-state index contributed by atoms with van der Waals surface area (Å²) in [6, 6.07) is 31.9. The topological polar surface area (TPSA) is 92.7 Å². The van der Waals surface area contributed by atoms with Gasteiger partial charge in [0.15, 0.2) is 0 Å². The van der Waals surface area contributed by atoms with E-state index in [1.807, 2.05) is 91.0 Å². The zero-order valence-corrected chi connectivity index (χ0v) is 21.1. The van der Waals surface area contributed by atoms with Crippen molar-refractivity contribution in [1.82, 2.24) is 0 Å². The molecular weight excluding hydrogens is 490 g/mol. The molecule has 2 aliphatic rings. The molecule has 1 heterocycles. The lowest BCUT2D eigenvalue weighted by atomic mass is 9.52. The predicted molar refractivity (Wildman–Crippen MR) is 147 cm³/mol. The first-order valence-electron chi connectivity index (χ1n) is 13.1. The van der Waals surface area contributed by atoms with Gasteiger partial charge in [0.2, 0.25) is 5.91 Å². The quantitative estimate of drug-likeness (QED) is 0.240. The maximum atomic E-state index is 13.7. The summed E-state index contributed by atoms with van der Waals surface area (Å²) in [5, 5.41) is 13.1. The lowest BCUT2D eigenvalue weighted by Gasteiger charge is -2.48. The van der Waals surface area contributed by atoms with Crippen LogP contribution in [0.3, 0.4) is 0 Å². The molecule has 0 spiro atoms. The summed E-state index contributed by atoms with van der Waals surface area (Å²) in [7, 11) is 0. The lowest BCUT2D eigenvalue weighted by Crippen LogP contribution is -2.52. The second-order valence-electron chi connectivity index (χ2n) is 10.1. The van der Waals surface area contributed by atoms with Gasteiger partial charge in [0.1, 0.15) is 5.75 Å². The van der Waals surface area contributed by atoms with Gasteiger partial charge in [0.05, 0.1) is 11.8 Å². The molecule has 2 N–H and O–H groups in total. The molecule has 6 rings (SSSR count). The second kappa shape index (κ2) is 10.2. The molecule has 194 valence electrons. The zero-order chi connectivity index (χ0) is 26.9. The fraction of sp³-hybridized carbons (Fsp3) is 0.182. The van der Waals surface area contributed by atoms with Gasteiger partial charge in [-0.15, -0.1) is 0 Å². The number of esters is 1. The first-order chi connectivity index (χ1) is 19.0. The molecule has 4 aromatic carbocycles. The van der Waals surface area contributed by atoms with Crippen molar-refractivity contribution >= 4 is 23.5 Å². The minimum atomic E-state index is -0.928. The average Bonchev–Trinajstić information content (AvgIpc) is 2.93. The average molecular weight is 518 g/mol. The van der Waals surface area contributed by atoms with Crippen LogP contribution in [0.2, 0.25) is 0 Å². The van der Waals surface area contributed by atoms with E-state index in [-0.39, 0.29) is 5.91 Å². The third-order valence-corrected chi connectivity index (χ3v) is 7.87. The Morgan fingerprint density at radius 3 is 2.00 bits per heavy atom. The van der Waals surface area contributed by atoms with Crippen LogP contribution < -0.4 is 10.1 Å². The van der Waals surface area contributed by atoms with Gasteiger partial charge in [0, 0.05) is 23.9 Å². The molecule has 1 amide bonds. The normalized spacial score (nSPS) is 21.7. The van der Waals surface area contributed by atoms with E-state index >= 15 is 0 Å². The molecule has 0 unspecified atom stereocenters. The number of aryl methyl sites for hydroxylation is 1. The molecule has 4 aromatic rings. The van der Waals surface area contributed by atoms with Gasteiger partial charge in [-0.2, -0.15) is 0 Å². The fourth-order valence-electron chi connectivity index (χ4n) is 6.00. The van der Waals surface area contributed by atoms with E-state index in [2.05, 4.69) is 5.32 Å². The first-order valence-corrected chi connectivity index (χ1v) is 13.1. The predicted octanol–water partition coefficient (Wildman–Crippen LogP) is 6.04. The fourth-order valence-corrected chi connectivity index (χ4v) is 6.00. The number of fused-ring (bicyclic) bond motifs is 1. The molecule has 0 bridgehead atoms. The number of anilines is 1. The number of carboxylic acid groups (broad SMARTS) is 1. The maximum absolute atomic E-state index is 13.7. The Hall–Kier alpha value is -4.71. The Balaban J connectivity index is 1.31. The number of hydrogen-bond acceptors (Lipinski definition) is 4. The van der Waals surface area contributed by atoms with Crippen molar-refractivity contribution in [1.29, 1.82) is 0 Å². The van der Waals surface area contributed by atoms with Gasteiger partial charge in [-0.3, -0.25) is 14.4 Å².